The summed E-state index contributed by atoms with van der Waals surface area (Å²) in [6.45, 7) is 1.68. The Bertz CT molecular complexity index is 971. The Morgan fingerprint density at radius 2 is 1.92 bits per heavy atom. The summed E-state index contributed by atoms with van der Waals surface area (Å²) in [5.41, 5.74) is 1.51. The molecule has 0 aliphatic carbocycles. The minimum Gasteiger partial charge on any atom is -0.495 e. The number of hydrogen-bond acceptors (Lipinski definition) is 7. The van der Waals surface area contributed by atoms with E-state index in [-0.39, 0.29) is 23.1 Å². The van der Waals surface area contributed by atoms with Gasteiger partial charge in [0.1, 0.15) is 10.6 Å². The molecule has 25 heavy (non-hydrogen) atoms. The first kappa shape index (κ1) is 17.1. The minimum atomic E-state index is -3.79. The molecule has 1 N–H and O–H groups in total. The maximum absolute atomic E-state index is 12.5. The van der Waals surface area contributed by atoms with Crippen LogP contribution in [0.3, 0.4) is 0 Å². The summed E-state index contributed by atoms with van der Waals surface area (Å²) in [5, 5.41) is 7.76. The molecule has 0 saturated carbocycles. The highest BCUT2D eigenvalue weighted by Crippen LogP contribution is 2.24. The van der Waals surface area contributed by atoms with E-state index in [1.54, 1.807) is 43.6 Å². The van der Waals surface area contributed by atoms with Crippen LogP contribution < -0.4 is 9.46 Å². The molecule has 1 aromatic carbocycles. The molecule has 0 aliphatic rings. The first-order valence-electron chi connectivity index (χ1n) is 7.36. The lowest BCUT2D eigenvalue weighted by Gasteiger charge is -2.10. The van der Waals surface area contributed by atoms with Crippen LogP contribution in [0, 0.1) is 6.92 Å². The molecular weight excluding hydrogens is 344 g/mol. The maximum atomic E-state index is 12.5. The van der Waals surface area contributed by atoms with Crippen molar-refractivity contribution < 1.29 is 17.6 Å². The zero-order chi connectivity index (χ0) is 17.9. The van der Waals surface area contributed by atoms with E-state index >= 15 is 0 Å². The summed E-state index contributed by atoms with van der Waals surface area (Å²) in [6, 6.07) is 8.37. The van der Waals surface area contributed by atoms with Gasteiger partial charge in [-0.2, -0.15) is 0 Å². The number of ether oxygens (including phenoxy) is 1. The molecule has 0 saturated heterocycles. The van der Waals surface area contributed by atoms with Crippen LogP contribution in [0.4, 0.5) is 0 Å². The Kier molecular flexibility index (Phi) is 4.77. The van der Waals surface area contributed by atoms with Crippen molar-refractivity contribution in [3.05, 3.63) is 54.2 Å². The largest absolute Gasteiger partial charge is 0.495 e. The predicted molar refractivity (Wildman–Crippen MR) is 89.3 cm³/mol. The van der Waals surface area contributed by atoms with Crippen LogP contribution in [0.25, 0.3) is 11.5 Å². The lowest BCUT2D eigenvalue weighted by atomic mass is 10.2. The maximum Gasteiger partial charge on any atom is 0.247 e. The van der Waals surface area contributed by atoms with Crippen molar-refractivity contribution >= 4 is 10.0 Å². The van der Waals surface area contributed by atoms with Crippen LogP contribution in [0.15, 0.2) is 52.0 Å². The number of benzene rings is 1. The number of pyridine rings is 1. The summed E-state index contributed by atoms with van der Waals surface area (Å²) >= 11 is 0. The molecule has 3 aromatic rings. The van der Waals surface area contributed by atoms with E-state index in [9.17, 15) is 8.42 Å². The minimum absolute atomic E-state index is 0.0591. The Morgan fingerprint density at radius 1 is 1.16 bits per heavy atom. The summed E-state index contributed by atoms with van der Waals surface area (Å²) < 4.78 is 38.1. The Morgan fingerprint density at radius 3 is 2.64 bits per heavy atom. The summed E-state index contributed by atoms with van der Waals surface area (Å²) in [6.07, 6.45) is 3.21. The standard InChI is InChI=1S/C16H16N4O4S/c1-11-3-4-13(23-2)14(9-11)25(21,22)18-10-15-19-20-16(24-15)12-5-7-17-8-6-12/h3-9,18H,10H2,1-2H3. The molecule has 0 radical (unpaired) electrons. The van der Waals surface area contributed by atoms with Gasteiger partial charge in [0.2, 0.25) is 21.8 Å². The third-order valence-corrected chi connectivity index (χ3v) is 4.84. The van der Waals surface area contributed by atoms with Crippen molar-refractivity contribution in [1.29, 1.82) is 0 Å². The van der Waals surface area contributed by atoms with Gasteiger partial charge in [-0.25, -0.2) is 13.1 Å². The van der Waals surface area contributed by atoms with Crippen molar-refractivity contribution in [3.63, 3.8) is 0 Å². The van der Waals surface area contributed by atoms with Crippen LogP contribution in [0.1, 0.15) is 11.5 Å². The van der Waals surface area contributed by atoms with Crippen molar-refractivity contribution in [2.75, 3.05) is 7.11 Å². The van der Waals surface area contributed by atoms with Crippen molar-refractivity contribution in [3.8, 4) is 17.2 Å². The normalized spacial score (nSPS) is 11.4. The molecule has 130 valence electrons. The topological polar surface area (TPSA) is 107 Å². The lowest BCUT2D eigenvalue weighted by Crippen LogP contribution is -2.24. The van der Waals surface area contributed by atoms with E-state index in [0.29, 0.717) is 11.5 Å². The fourth-order valence-electron chi connectivity index (χ4n) is 2.16. The summed E-state index contributed by atoms with van der Waals surface area (Å²) in [4.78, 5) is 3.97. The van der Waals surface area contributed by atoms with Crippen LogP contribution in [0.2, 0.25) is 0 Å². The highest BCUT2D eigenvalue weighted by molar-refractivity contribution is 7.89. The molecule has 0 unspecified atom stereocenters. The first-order valence-corrected chi connectivity index (χ1v) is 8.85. The number of methoxy groups -OCH3 is 1. The van der Waals surface area contributed by atoms with Gasteiger partial charge in [0.25, 0.3) is 0 Å². The van der Waals surface area contributed by atoms with E-state index in [1.165, 1.54) is 13.2 Å². The first-order chi connectivity index (χ1) is 12.0. The second-order valence-corrected chi connectivity index (χ2v) is 6.95. The van der Waals surface area contributed by atoms with E-state index in [4.69, 9.17) is 9.15 Å². The van der Waals surface area contributed by atoms with Crippen LogP contribution in [0.5, 0.6) is 5.75 Å². The van der Waals surface area contributed by atoms with Crippen LogP contribution >= 0.6 is 0 Å². The second kappa shape index (κ2) is 6.99. The van der Waals surface area contributed by atoms with Crippen molar-refractivity contribution in [2.24, 2.45) is 0 Å². The number of aromatic nitrogens is 3. The molecule has 0 amide bonds. The quantitative estimate of drug-likeness (QED) is 0.715. The van der Waals surface area contributed by atoms with Gasteiger partial charge < -0.3 is 9.15 Å². The monoisotopic (exact) mass is 360 g/mol. The Labute approximate surface area is 144 Å². The molecule has 3 rings (SSSR count). The average Bonchev–Trinajstić information content (AvgIpc) is 3.10. The molecule has 2 aromatic heterocycles. The Balaban J connectivity index is 1.77. The van der Waals surface area contributed by atoms with Gasteiger partial charge in [-0.3, -0.25) is 4.98 Å². The average molecular weight is 360 g/mol. The van der Waals surface area contributed by atoms with Gasteiger partial charge in [0, 0.05) is 18.0 Å². The van der Waals surface area contributed by atoms with E-state index in [0.717, 1.165) is 5.56 Å². The van der Waals surface area contributed by atoms with E-state index in [2.05, 4.69) is 19.9 Å². The molecular formula is C16H16N4O4S. The van der Waals surface area contributed by atoms with Gasteiger partial charge in [0.05, 0.1) is 13.7 Å². The predicted octanol–water partition coefficient (Wildman–Crippen LogP) is 1.93. The molecule has 0 aliphatic heterocycles. The van der Waals surface area contributed by atoms with Crippen molar-refractivity contribution in [1.82, 2.24) is 19.9 Å². The SMILES string of the molecule is COc1ccc(C)cc1S(=O)(=O)NCc1nnc(-c2ccncc2)o1. The molecule has 0 atom stereocenters. The fraction of sp³-hybridized carbons (Fsp3) is 0.188. The number of aryl methyl sites for hydroxylation is 1. The molecule has 8 nitrogen and oxygen atoms in total. The van der Waals surface area contributed by atoms with Crippen molar-refractivity contribution in [2.45, 2.75) is 18.4 Å². The van der Waals surface area contributed by atoms with Crippen LogP contribution in [-0.4, -0.2) is 30.7 Å². The number of nitrogens with zero attached hydrogens (tertiary/aromatic N) is 3. The fourth-order valence-corrected chi connectivity index (χ4v) is 3.39. The number of nitrogens with one attached hydrogen (secondary N) is 1. The van der Waals surface area contributed by atoms with Gasteiger partial charge in [-0.05, 0) is 36.8 Å². The summed E-state index contributed by atoms with van der Waals surface area (Å²) in [7, 11) is -2.37. The van der Waals surface area contributed by atoms with Gasteiger partial charge >= 0.3 is 0 Å². The smallest absolute Gasteiger partial charge is 0.247 e. The zero-order valence-electron chi connectivity index (χ0n) is 13.6. The lowest BCUT2D eigenvalue weighted by molar-refractivity contribution is 0.402. The second-order valence-electron chi connectivity index (χ2n) is 5.22. The Hall–Kier alpha value is -2.78. The highest BCUT2D eigenvalue weighted by Gasteiger charge is 2.20. The van der Waals surface area contributed by atoms with E-state index in [1.807, 2.05) is 0 Å². The third-order valence-electron chi connectivity index (χ3n) is 3.42. The molecule has 9 heteroatoms. The molecule has 0 spiro atoms. The van der Waals surface area contributed by atoms with Gasteiger partial charge in [-0.1, -0.05) is 6.07 Å². The zero-order valence-corrected chi connectivity index (χ0v) is 14.4. The van der Waals surface area contributed by atoms with Crippen LogP contribution in [-0.2, 0) is 16.6 Å². The molecule has 0 bridgehead atoms. The van der Waals surface area contributed by atoms with Gasteiger partial charge in [0.15, 0.2) is 0 Å². The number of hydrogen-bond donors (Lipinski definition) is 1. The highest BCUT2D eigenvalue weighted by atomic mass is 32.2. The number of rotatable bonds is 6. The summed E-state index contributed by atoms with van der Waals surface area (Å²) in [5.74, 6) is 0.716. The van der Waals surface area contributed by atoms with E-state index < -0.39 is 10.0 Å². The van der Waals surface area contributed by atoms with Gasteiger partial charge in [-0.15, -0.1) is 10.2 Å². The molecule has 2 heterocycles. The number of sulfonamides is 1. The molecule has 0 fully saturated rings. The third kappa shape index (κ3) is 3.83.